The minimum Gasteiger partial charge on any atom is -0.366 e. The molecule has 1 atom stereocenters. The van der Waals surface area contributed by atoms with E-state index in [9.17, 15) is 0 Å². The summed E-state index contributed by atoms with van der Waals surface area (Å²) >= 11 is 0. The third-order valence-electron chi connectivity index (χ3n) is 6.31. The quantitative estimate of drug-likeness (QED) is 0.457. The van der Waals surface area contributed by atoms with Crippen molar-refractivity contribution in [2.24, 2.45) is 0 Å². The van der Waals surface area contributed by atoms with Gasteiger partial charge in [0.05, 0.1) is 0 Å². The average Bonchev–Trinajstić information content (AvgIpc) is 3.01. The van der Waals surface area contributed by atoms with E-state index in [1.165, 1.54) is 44.7 Å². The molecule has 0 aromatic heterocycles. The first-order chi connectivity index (χ1) is 14.1. The van der Waals surface area contributed by atoms with Crippen LogP contribution in [0.15, 0.2) is 91.0 Å². The van der Waals surface area contributed by atoms with Crippen molar-refractivity contribution in [1.29, 1.82) is 0 Å². The van der Waals surface area contributed by atoms with Crippen molar-refractivity contribution in [3.05, 3.63) is 113 Å². The van der Waals surface area contributed by atoms with Gasteiger partial charge in [0.2, 0.25) is 0 Å². The van der Waals surface area contributed by atoms with Gasteiger partial charge in [-0.3, -0.25) is 0 Å². The van der Waals surface area contributed by atoms with Gasteiger partial charge in [0, 0.05) is 24.2 Å². The average molecular weight is 378 g/mol. The summed E-state index contributed by atoms with van der Waals surface area (Å²) in [6.45, 7) is 10.7. The molecule has 3 aromatic carbocycles. The van der Waals surface area contributed by atoms with Crippen molar-refractivity contribution in [2.45, 2.75) is 25.7 Å². The molecule has 1 unspecified atom stereocenters. The molecule has 144 valence electrons. The Bertz CT molecular complexity index is 1110. The van der Waals surface area contributed by atoms with Crippen molar-refractivity contribution in [3.63, 3.8) is 0 Å². The maximum Gasteiger partial charge on any atom is 0.0414 e. The van der Waals surface area contributed by atoms with Crippen molar-refractivity contribution < 1.29 is 0 Å². The summed E-state index contributed by atoms with van der Waals surface area (Å²) in [5.74, 6) is 0. The highest BCUT2D eigenvalue weighted by molar-refractivity contribution is 6.03. The molecule has 0 bridgehead atoms. The Morgan fingerprint density at radius 2 is 1.55 bits per heavy atom. The summed E-state index contributed by atoms with van der Waals surface area (Å²) in [7, 11) is 0. The van der Waals surface area contributed by atoms with E-state index in [1.807, 2.05) is 0 Å². The lowest BCUT2D eigenvalue weighted by Gasteiger charge is -2.35. The van der Waals surface area contributed by atoms with E-state index >= 15 is 0 Å². The van der Waals surface area contributed by atoms with Crippen LogP contribution in [-0.2, 0) is 5.41 Å². The predicted octanol–water partition coefficient (Wildman–Crippen LogP) is 6.70. The summed E-state index contributed by atoms with van der Waals surface area (Å²) in [5, 5.41) is 0. The second-order valence-electron chi connectivity index (χ2n) is 8.84. The number of hydrogen-bond donors (Lipinski definition) is 0. The zero-order chi connectivity index (χ0) is 20.0. The summed E-state index contributed by atoms with van der Waals surface area (Å²) in [4.78, 5) is 2.53. The molecule has 1 aliphatic heterocycles. The number of anilines is 1. The van der Waals surface area contributed by atoms with Gasteiger partial charge in [0.1, 0.15) is 0 Å². The molecule has 3 aromatic rings. The maximum atomic E-state index is 4.18. The normalized spacial score (nSPS) is 20.0. The van der Waals surface area contributed by atoms with Crippen LogP contribution >= 0.6 is 0 Å². The molecule has 2 aliphatic rings. The molecule has 1 heteroatoms. The molecule has 1 aliphatic carbocycles. The van der Waals surface area contributed by atoms with Crippen LogP contribution in [0, 0.1) is 0 Å². The van der Waals surface area contributed by atoms with Crippen LogP contribution in [0.25, 0.3) is 11.1 Å². The Hall–Kier alpha value is -3.06. The van der Waals surface area contributed by atoms with Crippen molar-refractivity contribution in [1.82, 2.24) is 0 Å². The van der Waals surface area contributed by atoms with Crippen molar-refractivity contribution >= 4 is 16.8 Å². The lowest BCUT2D eigenvalue weighted by molar-refractivity contribution is 0.510. The first-order valence-corrected chi connectivity index (χ1v) is 10.4. The van der Waals surface area contributed by atoms with Crippen LogP contribution in [-0.4, -0.2) is 13.1 Å². The number of nitrogens with zero attached hydrogens (tertiary/aromatic N) is 1. The van der Waals surface area contributed by atoms with E-state index in [1.54, 1.807) is 0 Å². The summed E-state index contributed by atoms with van der Waals surface area (Å²) in [5.41, 5.74) is 11.1. The van der Waals surface area contributed by atoms with Crippen LogP contribution in [0.5, 0.6) is 0 Å². The van der Waals surface area contributed by atoms with E-state index < -0.39 is 0 Å². The maximum absolute atomic E-state index is 4.18. The summed E-state index contributed by atoms with van der Waals surface area (Å²) in [6, 6.07) is 28.7. The van der Waals surface area contributed by atoms with E-state index in [4.69, 9.17) is 0 Å². The van der Waals surface area contributed by atoms with E-state index in [0.29, 0.717) is 0 Å². The molecule has 0 saturated heterocycles. The number of benzene rings is 3. The Kier molecular flexibility index (Phi) is 4.20. The molecule has 0 spiro atoms. The van der Waals surface area contributed by atoms with Crippen LogP contribution in [0.1, 0.15) is 42.5 Å². The second-order valence-corrected chi connectivity index (χ2v) is 8.84. The Labute approximate surface area is 174 Å². The molecule has 0 saturated carbocycles. The van der Waals surface area contributed by atoms with Crippen LogP contribution in [0.3, 0.4) is 0 Å². The molecule has 29 heavy (non-hydrogen) atoms. The summed E-state index contributed by atoms with van der Waals surface area (Å²) < 4.78 is 0. The fourth-order valence-electron chi connectivity index (χ4n) is 5.30. The number of allylic oxidation sites excluding steroid dienone is 1. The molecule has 0 amide bonds. The number of hydrogen-bond acceptors (Lipinski definition) is 1. The van der Waals surface area contributed by atoms with Gasteiger partial charge in [-0.1, -0.05) is 91.9 Å². The second kappa shape index (κ2) is 6.77. The Balaban J connectivity index is 1.78. The molecule has 1 nitrogen and oxygen atoms in total. The molecule has 0 fully saturated rings. The van der Waals surface area contributed by atoms with Gasteiger partial charge in [0.15, 0.2) is 0 Å². The minimum absolute atomic E-state index is 0.116. The van der Waals surface area contributed by atoms with E-state index in [2.05, 4.69) is 104 Å². The van der Waals surface area contributed by atoms with Gasteiger partial charge in [-0.25, -0.2) is 0 Å². The third kappa shape index (κ3) is 2.93. The van der Waals surface area contributed by atoms with Gasteiger partial charge >= 0.3 is 0 Å². The molecule has 5 rings (SSSR count). The van der Waals surface area contributed by atoms with Crippen LogP contribution < -0.4 is 4.90 Å². The highest BCUT2D eigenvalue weighted by atomic mass is 15.2. The fourth-order valence-corrected chi connectivity index (χ4v) is 5.30. The largest absolute Gasteiger partial charge is 0.366 e. The molecule has 0 N–H and O–H groups in total. The minimum atomic E-state index is 0.116. The number of rotatable bonds is 4. The van der Waals surface area contributed by atoms with E-state index in [0.717, 1.165) is 19.5 Å². The van der Waals surface area contributed by atoms with Crippen molar-refractivity contribution in [3.8, 4) is 0 Å². The molecular formula is C28H27N. The molecular weight excluding hydrogens is 350 g/mol. The SMILES string of the molecule is C=C(C)CN1CC2(C)CC(c3ccccc3)=C(c3ccccc3)c3cccc1c32. The molecule has 0 radical (unpaired) electrons. The van der Waals surface area contributed by atoms with Crippen LogP contribution in [0.2, 0.25) is 0 Å². The van der Waals surface area contributed by atoms with Crippen LogP contribution in [0.4, 0.5) is 5.69 Å². The highest BCUT2D eigenvalue weighted by Crippen LogP contribution is 2.55. The molecule has 1 heterocycles. The van der Waals surface area contributed by atoms with E-state index in [-0.39, 0.29) is 5.41 Å². The third-order valence-corrected chi connectivity index (χ3v) is 6.31. The fraction of sp³-hybridized carbons (Fsp3) is 0.214. The smallest absolute Gasteiger partial charge is 0.0414 e. The highest BCUT2D eigenvalue weighted by Gasteiger charge is 2.45. The predicted molar refractivity (Wildman–Crippen MR) is 124 cm³/mol. The Morgan fingerprint density at radius 1 is 0.897 bits per heavy atom. The van der Waals surface area contributed by atoms with Gasteiger partial charge in [0.25, 0.3) is 0 Å². The van der Waals surface area contributed by atoms with Crippen molar-refractivity contribution in [2.75, 3.05) is 18.0 Å². The lowest BCUT2D eigenvalue weighted by atomic mass is 9.67. The first kappa shape index (κ1) is 18.0. The standard InChI is InChI=1S/C28H27N/c1-20(2)18-29-19-28(3)17-24(21-11-6-4-7-12-21)26(22-13-8-5-9-14-22)23-15-10-16-25(29)27(23)28/h4-16H,1,17-19H2,2-3H3. The van der Waals surface area contributed by atoms with Gasteiger partial charge in [-0.15, -0.1) is 0 Å². The Morgan fingerprint density at radius 3 is 2.21 bits per heavy atom. The van der Waals surface area contributed by atoms with Gasteiger partial charge < -0.3 is 4.90 Å². The summed E-state index contributed by atoms with van der Waals surface area (Å²) in [6.07, 6.45) is 1.05. The zero-order valence-corrected chi connectivity index (χ0v) is 17.3. The van der Waals surface area contributed by atoms with Gasteiger partial charge in [-0.05, 0) is 52.8 Å². The topological polar surface area (TPSA) is 3.24 Å². The lowest BCUT2D eigenvalue weighted by Crippen LogP contribution is -2.33. The van der Waals surface area contributed by atoms with Gasteiger partial charge in [-0.2, -0.15) is 0 Å². The zero-order valence-electron chi connectivity index (χ0n) is 17.3. The monoisotopic (exact) mass is 377 g/mol. The first-order valence-electron chi connectivity index (χ1n) is 10.4.